The number of aryl methyl sites for hydroxylation is 1. The van der Waals surface area contributed by atoms with Crippen molar-refractivity contribution in [2.75, 3.05) is 13.2 Å². The molecule has 146 valence electrons. The average Bonchev–Trinajstić information content (AvgIpc) is 2.64. The molecule has 0 aromatic heterocycles. The van der Waals surface area contributed by atoms with Crippen LogP contribution in [0.1, 0.15) is 11.1 Å². The molecule has 0 aliphatic carbocycles. The normalized spacial score (nSPS) is 10.6. The van der Waals surface area contributed by atoms with Gasteiger partial charge in [-0.3, -0.25) is 5.41 Å². The molecule has 2 aromatic carbocycles. The Morgan fingerprint density at radius 1 is 1.32 bits per heavy atom. The Kier molecular flexibility index (Phi) is 6.57. The Hall–Kier alpha value is -3.58. The van der Waals surface area contributed by atoms with E-state index in [1.807, 2.05) is 6.07 Å². The first kappa shape index (κ1) is 20.7. The zero-order valence-corrected chi connectivity index (χ0v) is 15.9. The molecule has 0 heterocycles. The van der Waals surface area contributed by atoms with Gasteiger partial charge in [0.15, 0.2) is 0 Å². The van der Waals surface area contributed by atoms with E-state index in [4.69, 9.17) is 25.3 Å². The van der Waals surface area contributed by atoms with Crippen LogP contribution in [0.4, 0.5) is 0 Å². The number of rotatable bonds is 8. The molecule has 0 saturated carbocycles. The Labute approximate surface area is 163 Å². The van der Waals surface area contributed by atoms with E-state index in [9.17, 15) is 8.42 Å². The lowest BCUT2D eigenvalue weighted by Crippen LogP contribution is -2.34. The minimum Gasteiger partial charge on any atom is -0.492 e. The first-order valence-corrected chi connectivity index (χ1v) is 9.44. The van der Waals surface area contributed by atoms with E-state index in [0.717, 1.165) is 5.01 Å². The molecule has 0 aliphatic heterocycles. The van der Waals surface area contributed by atoms with Crippen LogP contribution >= 0.6 is 0 Å². The van der Waals surface area contributed by atoms with Gasteiger partial charge in [-0.15, -0.1) is 0 Å². The third-order valence-electron chi connectivity index (χ3n) is 3.53. The number of hydrazone groups is 1. The fourth-order valence-corrected chi connectivity index (χ4v) is 3.38. The topological polar surface area (TPSA) is 142 Å². The molecule has 0 unspecified atom stereocenters. The van der Waals surface area contributed by atoms with Crippen LogP contribution in [0.3, 0.4) is 0 Å². The maximum atomic E-state index is 12.5. The number of nitrogens with two attached hydrogens (primary N) is 1. The molecule has 10 heteroatoms. The van der Waals surface area contributed by atoms with Gasteiger partial charge < -0.3 is 14.7 Å². The fourth-order valence-electron chi connectivity index (χ4n) is 2.31. The summed E-state index contributed by atoms with van der Waals surface area (Å²) in [5.41, 5.74) is 6.04. The van der Waals surface area contributed by atoms with Gasteiger partial charge in [-0.25, -0.2) is 5.01 Å². The van der Waals surface area contributed by atoms with Crippen LogP contribution in [0.15, 0.2) is 52.5 Å². The second-order valence-corrected chi connectivity index (χ2v) is 7.14. The number of nitriles is 1. The van der Waals surface area contributed by atoms with Crippen molar-refractivity contribution < 1.29 is 17.3 Å². The Morgan fingerprint density at radius 3 is 2.64 bits per heavy atom. The molecule has 0 atom stereocenters. The van der Waals surface area contributed by atoms with Crippen LogP contribution in [0, 0.1) is 23.7 Å². The number of guanidine groups is 1. The molecule has 2 aromatic rings. The highest BCUT2D eigenvalue weighted by Gasteiger charge is 2.21. The molecule has 0 radical (unpaired) electrons. The predicted octanol–water partition coefficient (Wildman–Crippen LogP) is 1.82. The standard InChI is InChI=1S/C18H19N5O4S/c1-13-9-15(26-8-7-23(22-2)18(20)21)11-16(10-13)27-28(24,25)17-6-4-3-5-14(17)12-19/h3-6,9-11H,2,7-8H2,1H3,(H3,20,21). The lowest BCUT2D eigenvalue weighted by molar-refractivity contribution is 0.271. The van der Waals surface area contributed by atoms with Crippen LogP contribution in [-0.2, 0) is 10.1 Å². The average molecular weight is 401 g/mol. The van der Waals surface area contributed by atoms with Crippen LogP contribution < -0.4 is 14.7 Å². The van der Waals surface area contributed by atoms with E-state index in [0.29, 0.717) is 11.3 Å². The van der Waals surface area contributed by atoms with Gasteiger partial charge in [-0.05, 0) is 36.8 Å². The van der Waals surface area contributed by atoms with Crippen LogP contribution in [-0.4, -0.2) is 39.3 Å². The summed E-state index contributed by atoms with van der Waals surface area (Å²) in [6, 6.07) is 12.3. The number of nitrogens with one attached hydrogen (secondary N) is 1. The van der Waals surface area contributed by atoms with E-state index in [-0.39, 0.29) is 35.3 Å². The third-order valence-corrected chi connectivity index (χ3v) is 4.83. The van der Waals surface area contributed by atoms with Crippen molar-refractivity contribution >= 4 is 22.8 Å². The van der Waals surface area contributed by atoms with Gasteiger partial charge in [-0.2, -0.15) is 18.8 Å². The van der Waals surface area contributed by atoms with Gasteiger partial charge in [0.25, 0.3) is 0 Å². The first-order valence-electron chi connectivity index (χ1n) is 8.03. The molecule has 0 aliphatic rings. The van der Waals surface area contributed by atoms with Crippen molar-refractivity contribution in [2.24, 2.45) is 10.8 Å². The highest BCUT2D eigenvalue weighted by Crippen LogP contribution is 2.26. The summed E-state index contributed by atoms with van der Waals surface area (Å²) in [5.74, 6) is 0.147. The minimum absolute atomic E-state index is 0.00660. The highest BCUT2D eigenvalue weighted by atomic mass is 32.2. The molecule has 0 fully saturated rings. The van der Waals surface area contributed by atoms with Gasteiger partial charge >= 0.3 is 10.1 Å². The quantitative estimate of drug-likeness (QED) is 0.297. The van der Waals surface area contributed by atoms with E-state index >= 15 is 0 Å². The zero-order valence-electron chi connectivity index (χ0n) is 15.1. The number of ether oxygens (including phenoxy) is 1. The van der Waals surface area contributed by atoms with E-state index < -0.39 is 10.1 Å². The molecule has 2 rings (SSSR count). The van der Waals surface area contributed by atoms with Gasteiger partial charge in [0.2, 0.25) is 5.96 Å². The molecule has 3 N–H and O–H groups in total. The summed E-state index contributed by atoms with van der Waals surface area (Å²) in [7, 11) is -4.19. The molecule has 0 bridgehead atoms. The van der Waals surface area contributed by atoms with Crippen LogP contribution in [0.2, 0.25) is 0 Å². The third kappa shape index (κ3) is 5.21. The van der Waals surface area contributed by atoms with Crippen molar-refractivity contribution in [3.8, 4) is 17.6 Å². The molecule has 0 spiro atoms. The zero-order chi connectivity index (χ0) is 20.7. The lowest BCUT2D eigenvalue weighted by Gasteiger charge is -2.16. The van der Waals surface area contributed by atoms with Crippen molar-refractivity contribution in [2.45, 2.75) is 11.8 Å². The Balaban J connectivity index is 2.18. The summed E-state index contributed by atoms with van der Waals surface area (Å²) in [4.78, 5) is -0.212. The highest BCUT2D eigenvalue weighted by molar-refractivity contribution is 7.87. The number of hydrogen-bond donors (Lipinski definition) is 2. The molecule has 28 heavy (non-hydrogen) atoms. The Morgan fingerprint density at radius 2 is 2.00 bits per heavy atom. The summed E-state index contributed by atoms with van der Waals surface area (Å²) < 4.78 is 35.8. The van der Waals surface area contributed by atoms with Crippen molar-refractivity contribution in [1.29, 1.82) is 10.7 Å². The van der Waals surface area contributed by atoms with Gasteiger partial charge in [0.1, 0.15) is 29.1 Å². The largest absolute Gasteiger partial charge is 0.492 e. The second kappa shape index (κ2) is 8.88. The summed E-state index contributed by atoms with van der Waals surface area (Å²) in [6.45, 7) is 5.38. The first-order chi connectivity index (χ1) is 13.3. The molecular weight excluding hydrogens is 382 g/mol. The van der Waals surface area contributed by atoms with Gasteiger partial charge in [0, 0.05) is 12.8 Å². The maximum Gasteiger partial charge on any atom is 0.340 e. The van der Waals surface area contributed by atoms with E-state index in [1.54, 1.807) is 19.1 Å². The number of benzene rings is 2. The van der Waals surface area contributed by atoms with Gasteiger partial charge in [0.05, 0.1) is 12.1 Å². The smallest absolute Gasteiger partial charge is 0.340 e. The SMILES string of the molecule is C=NN(CCOc1cc(C)cc(OS(=O)(=O)c2ccccc2C#N)c1)C(=N)N. The second-order valence-electron chi connectivity index (χ2n) is 5.63. The molecule has 0 saturated heterocycles. The van der Waals surface area contributed by atoms with Crippen LogP contribution in [0.25, 0.3) is 0 Å². The maximum absolute atomic E-state index is 12.5. The van der Waals surface area contributed by atoms with Crippen LogP contribution in [0.5, 0.6) is 11.5 Å². The fraction of sp³-hybridized carbons (Fsp3) is 0.167. The van der Waals surface area contributed by atoms with Crippen molar-refractivity contribution in [3.63, 3.8) is 0 Å². The number of nitrogens with zero attached hydrogens (tertiary/aromatic N) is 3. The molecule has 9 nitrogen and oxygen atoms in total. The lowest BCUT2D eigenvalue weighted by atomic mass is 10.2. The van der Waals surface area contributed by atoms with E-state index in [2.05, 4.69) is 11.8 Å². The van der Waals surface area contributed by atoms with E-state index in [1.165, 1.54) is 30.3 Å². The molecular formula is C18H19N5O4S. The van der Waals surface area contributed by atoms with Crippen molar-refractivity contribution in [1.82, 2.24) is 5.01 Å². The Bertz CT molecular complexity index is 1030. The monoisotopic (exact) mass is 401 g/mol. The predicted molar refractivity (Wildman–Crippen MR) is 104 cm³/mol. The van der Waals surface area contributed by atoms with Gasteiger partial charge in [-0.1, -0.05) is 12.1 Å². The summed E-state index contributed by atoms with van der Waals surface area (Å²) in [6.07, 6.45) is 0. The van der Waals surface area contributed by atoms with Crippen molar-refractivity contribution in [3.05, 3.63) is 53.6 Å². The summed E-state index contributed by atoms with van der Waals surface area (Å²) >= 11 is 0. The summed E-state index contributed by atoms with van der Waals surface area (Å²) in [5, 5.41) is 21.2. The minimum atomic E-state index is -4.19. The number of hydrogen-bond acceptors (Lipinski definition) is 7. The molecule has 0 amide bonds.